The molecule has 50 heavy (non-hydrogen) atoms. The van der Waals surface area contributed by atoms with Crippen molar-refractivity contribution in [1.29, 1.82) is 0 Å². The Morgan fingerprint density at radius 2 is 1.50 bits per heavy atom. The number of aliphatic hydroxyl groups is 1. The van der Waals surface area contributed by atoms with E-state index < -0.39 is 84.7 Å². The molecule has 1 aromatic rings. The van der Waals surface area contributed by atoms with Crippen molar-refractivity contribution >= 4 is 47.6 Å². The smallest absolute Gasteiger partial charge is 0.245 e. The third-order valence-electron chi connectivity index (χ3n) is 8.19. The number of hydrogen-bond donors (Lipinski definition) is 8. The van der Waals surface area contributed by atoms with E-state index in [4.69, 9.17) is 11.5 Å². The molecule has 0 saturated carbocycles. The Morgan fingerprint density at radius 3 is 2.06 bits per heavy atom. The van der Waals surface area contributed by atoms with Crippen LogP contribution in [0.3, 0.4) is 0 Å². The van der Waals surface area contributed by atoms with Gasteiger partial charge in [-0.15, -0.1) is 0 Å². The number of primary amides is 2. The van der Waals surface area contributed by atoms with Gasteiger partial charge in [0, 0.05) is 25.9 Å². The first-order valence-electron chi connectivity index (χ1n) is 16.5. The van der Waals surface area contributed by atoms with Gasteiger partial charge in [0.25, 0.3) is 0 Å². The maximum absolute atomic E-state index is 13.7. The molecule has 17 heteroatoms. The monoisotopic (exact) mass is 702 g/mol. The van der Waals surface area contributed by atoms with Crippen molar-refractivity contribution in [2.75, 3.05) is 19.7 Å². The van der Waals surface area contributed by atoms with Crippen LogP contribution in [0.2, 0.25) is 0 Å². The summed E-state index contributed by atoms with van der Waals surface area (Å²) in [5.74, 6) is -5.40. The summed E-state index contributed by atoms with van der Waals surface area (Å²) in [6, 6.07) is 3.02. The number of rotatable bonds is 21. The third-order valence-corrected chi connectivity index (χ3v) is 8.19. The van der Waals surface area contributed by atoms with Gasteiger partial charge in [-0.2, -0.15) is 0 Å². The minimum Gasteiger partial charge on any atom is -0.394 e. The Labute approximate surface area is 291 Å². The second kappa shape index (κ2) is 20.6. The van der Waals surface area contributed by atoms with E-state index in [2.05, 4.69) is 26.6 Å². The lowest BCUT2D eigenvalue weighted by Gasteiger charge is -2.31. The highest BCUT2D eigenvalue weighted by atomic mass is 16.3. The normalized spacial score (nSPS) is 17.3. The van der Waals surface area contributed by atoms with Gasteiger partial charge in [-0.25, -0.2) is 0 Å². The molecule has 2 rings (SSSR count). The van der Waals surface area contributed by atoms with Crippen LogP contribution in [0, 0.1) is 5.92 Å². The van der Waals surface area contributed by atoms with Crippen molar-refractivity contribution in [2.45, 2.75) is 95.5 Å². The first-order chi connectivity index (χ1) is 23.6. The Balaban J connectivity index is 2.30. The number of nitrogens with one attached hydrogen (secondary N) is 5. The Kier molecular flexibility index (Phi) is 17.0. The van der Waals surface area contributed by atoms with E-state index in [9.17, 15) is 43.5 Å². The molecule has 276 valence electrons. The number of aldehydes is 1. The van der Waals surface area contributed by atoms with Crippen molar-refractivity contribution in [1.82, 2.24) is 31.5 Å². The van der Waals surface area contributed by atoms with Gasteiger partial charge in [0.1, 0.15) is 24.4 Å². The summed E-state index contributed by atoms with van der Waals surface area (Å²) in [6.07, 6.45) is 1.01. The molecular weight excluding hydrogens is 652 g/mol. The first-order valence-corrected chi connectivity index (χ1v) is 16.5. The van der Waals surface area contributed by atoms with Gasteiger partial charge in [-0.3, -0.25) is 38.5 Å². The molecule has 7 amide bonds. The third kappa shape index (κ3) is 13.9. The predicted octanol–water partition coefficient (Wildman–Crippen LogP) is -2.87. The highest BCUT2D eigenvalue weighted by Gasteiger charge is 2.35. The Hall–Kier alpha value is -4.90. The van der Waals surface area contributed by atoms with Crippen LogP contribution in [0.1, 0.15) is 58.4 Å². The summed E-state index contributed by atoms with van der Waals surface area (Å²) in [5, 5.41) is 22.2. The van der Waals surface area contributed by atoms with Gasteiger partial charge in [-0.05, 0) is 43.7 Å². The number of aliphatic hydroxyl groups excluding tert-OH is 1. The second-order valence-corrected chi connectivity index (χ2v) is 12.7. The minimum absolute atomic E-state index is 0.106. The van der Waals surface area contributed by atoms with Crippen molar-refractivity contribution in [3.05, 3.63) is 35.9 Å². The van der Waals surface area contributed by atoms with Crippen LogP contribution in [0.5, 0.6) is 0 Å². The molecule has 0 spiro atoms. The lowest BCUT2D eigenvalue weighted by atomic mass is 10.0. The number of hydrogen-bond acceptors (Lipinski definition) is 10. The molecule has 6 unspecified atom stereocenters. The van der Waals surface area contributed by atoms with Crippen molar-refractivity contribution in [2.24, 2.45) is 17.4 Å². The van der Waals surface area contributed by atoms with E-state index >= 15 is 0 Å². The van der Waals surface area contributed by atoms with Gasteiger partial charge in [0.2, 0.25) is 41.4 Å². The van der Waals surface area contributed by atoms with E-state index in [0.717, 1.165) is 12.5 Å². The summed E-state index contributed by atoms with van der Waals surface area (Å²) < 4.78 is 0. The van der Waals surface area contributed by atoms with Crippen LogP contribution in [0.15, 0.2) is 30.3 Å². The van der Waals surface area contributed by atoms with Crippen LogP contribution in [0.4, 0.5) is 0 Å². The predicted molar refractivity (Wildman–Crippen MR) is 180 cm³/mol. The molecule has 1 fully saturated rings. The van der Waals surface area contributed by atoms with Gasteiger partial charge >= 0.3 is 0 Å². The average molecular weight is 703 g/mol. The fourth-order valence-electron chi connectivity index (χ4n) is 5.55. The molecule has 17 nitrogen and oxygen atoms in total. The molecule has 0 radical (unpaired) electrons. The maximum atomic E-state index is 13.7. The van der Waals surface area contributed by atoms with Crippen LogP contribution in [-0.2, 0) is 44.8 Å². The number of nitrogens with two attached hydrogens (primary N) is 2. The quantitative estimate of drug-likeness (QED) is 0.0607. The summed E-state index contributed by atoms with van der Waals surface area (Å²) in [7, 11) is 0. The van der Waals surface area contributed by atoms with E-state index in [1.54, 1.807) is 0 Å². The zero-order chi connectivity index (χ0) is 37.4. The molecular formula is C33H50N8O9. The zero-order valence-corrected chi connectivity index (χ0v) is 28.7. The van der Waals surface area contributed by atoms with Crippen LogP contribution in [-0.4, -0.2) is 114 Å². The molecule has 6 atom stereocenters. The highest BCUT2D eigenvalue weighted by molar-refractivity contribution is 5.96. The van der Waals surface area contributed by atoms with Crippen LogP contribution < -0.4 is 38.1 Å². The Morgan fingerprint density at radius 1 is 0.880 bits per heavy atom. The summed E-state index contributed by atoms with van der Waals surface area (Å²) in [5.41, 5.74) is 11.5. The molecule has 1 aliphatic heterocycles. The van der Waals surface area contributed by atoms with Gasteiger partial charge in [-0.1, -0.05) is 44.2 Å². The van der Waals surface area contributed by atoms with E-state index in [1.807, 2.05) is 49.1 Å². The topological polar surface area (TPSA) is 272 Å². The number of likely N-dealkylation sites (tertiary alicyclic amines) is 1. The fourth-order valence-corrected chi connectivity index (χ4v) is 5.55. The molecule has 1 aromatic carbocycles. The number of benzene rings is 1. The van der Waals surface area contributed by atoms with E-state index in [-0.39, 0.29) is 31.2 Å². The standard InChI is InChI=1S/C33H50N8O9/c1-19(2)25(17-42)40-33(50)27-10-7-13-41(27)16-22(14-21-8-5-4-6-9-21)37-31(48)24(15-29(35)46)39-30(47)23(11-12-28(34)45)38-32(49)26(18-43)36-20(3)44/h4-6,8-9,17,19,22-27,43H,7,10-16,18H2,1-3H3,(H2,34,45)(H2,35,46)(H,36,44)(H,37,48)(H,38,49)(H,39,47)(H,40,50). The first kappa shape index (κ1) is 41.3. The maximum Gasteiger partial charge on any atom is 0.245 e. The summed E-state index contributed by atoms with van der Waals surface area (Å²) >= 11 is 0. The minimum atomic E-state index is -1.51. The second-order valence-electron chi connectivity index (χ2n) is 12.7. The fraction of sp³-hybridized carbons (Fsp3) is 0.576. The van der Waals surface area contributed by atoms with Crippen LogP contribution in [0.25, 0.3) is 0 Å². The van der Waals surface area contributed by atoms with Crippen molar-refractivity contribution in [3.8, 4) is 0 Å². The summed E-state index contributed by atoms with van der Waals surface area (Å²) in [6.45, 7) is 4.74. The molecule has 1 heterocycles. The zero-order valence-electron chi connectivity index (χ0n) is 28.7. The highest BCUT2D eigenvalue weighted by Crippen LogP contribution is 2.19. The lowest BCUT2D eigenvalue weighted by molar-refractivity contribution is -0.135. The van der Waals surface area contributed by atoms with Gasteiger partial charge in [0.05, 0.1) is 25.1 Å². The van der Waals surface area contributed by atoms with Gasteiger partial charge in [0.15, 0.2) is 0 Å². The molecule has 10 N–H and O–H groups in total. The Bertz CT molecular complexity index is 1360. The van der Waals surface area contributed by atoms with Crippen molar-refractivity contribution < 1.29 is 43.5 Å². The number of nitrogens with zero attached hydrogens (tertiary/aromatic N) is 1. The SMILES string of the molecule is CC(=O)NC(CO)C(=O)NC(CCC(N)=O)C(=O)NC(CC(N)=O)C(=O)NC(Cc1ccccc1)CN1CCCC1C(=O)NC(C=O)C(C)C. The molecule has 1 saturated heterocycles. The largest absolute Gasteiger partial charge is 0.394 e. The molecule has 1 aliphatic rings. The lowest BCUT2D eigenvalue weighted by Crippen LogP contribution is -2.59. The number of carbonyl (C=O) groups excluding carboxylic acids is 8. The molecule has 0 aromatic heterocycles. The molecule has 0 bridgehead atoms. The summed E-state index contributed by atoms with van der Waals surface area (Å²) in [4.78, 5) is 102. The van der Waals surface area contributed by atoms with E-state index in [1.165, 1.54) is 0 Å². The molecule has 0 aliphatic carbocycles. The van der Waals surface area contributed by atoms with Crippen molar-refractivity contribution in [3.63, 3.8) is 0 Å². The number of carbonyl (C=O) groups is 8. The van der Waals surface area contributed by atoms with E-state index in [0.29, 0.717) is 32.1 Å². The van der Waals surface area contributed by atoms with Gasteiger partial charge < -0.3 is 48.0 Å². The average Bonchev–Trinajstić information content (AvgIpc) is 3.51. The number of amides is 7. The van der Waals surface area contributed by atoms with Crippen LogP contribution >= 0.6 is 0 Å².